The van der Waals surface area contributed by atoms with Gasteiger partial charge in [0.25, 0.3) is 0 Å². The summed E-state index contributed by atoms with van der Waals surface area (Å²) in [6, 6.07) is 14.6. The van der Waals surface area contributed by atoms with Crippen molar-refractivity contribution in [3.05, 3.63) is 74.9 Å². The van der Waals surface area contributed by atoms with E-state index in [0.29, 0.717) is 5.11 Å². The first-order valence-corrected chi connectivity index (χ1v) is 9.74. The van der Waals surface area contributed by atoms with Gasteiger partial charge in [-0.15, -0.1) is 22.7 Å². The highest BCUT2D eigenvalue weighted by Gasteiger charge is 2.12. The molecule has 1 aromatic carbocycles. The summed E-state index contributed by atoms with van der Waals surface area (Å²) in [5.74, 6) is -0.250. The number of nitrogens with one attached hydrogen (secondary N) is 1. The Morgan fingerprint density at radius 2 is 1.67 bits per heavy atom. The van der Waals surface area contributed by atoms with Crippen LogP contribution in [0.25, 0.3) is 0 Å². The minimum Gasteiger partial charge on any atom is -0.344 e. The fraction of sp³-hybridized carbons (Fsp3) is 0.167. The third-order valence-corrected chi connectivity index (χ3v) is 5.68. The summed E-state index contributed by atoms with van der Waals surface area (Å²) in [5.41, 5.74) is 0.800. The lowest BCUT2D eigenvalue weighted by atomic mass is 10.3. The van der Waals surface area contributed by atoms with Crippen LogP contribution in [0.1, 0.15) is 9.75 Å². The van der Waals surface area contributed by atoms with Crippen molar-refractivity contribution in [2.75, 3.05) is 11.9 Å². The zero-order chi connectivity index (χ0) is 16.8. The van der Waals surface area contributed by atoms with Gasteiger partial charge in [0, 0.05) is 22.0 Å². The molecule has 2 aromatic heterocycles. The molecule has 0 radical (unpaired) electrons. The number of nitrogens with zero attached hydrogens (tertiary/aromatic N) is 1. The molecule has 0 saturated carbocycles. The summed E-state index contributed by atoms with van der Waals surface area (Å²) in [4.78, 5) is 4.77. The van der Waals surface area contributed by atoms with E-state index in [1.807, 2.05) is 6.07 Å². The van der Waals surface area contributed by atoms with Crippen LogP contribution in [0.3, 0.4) is 0 Å². The summed E-state index contributed by atoms with van der Waals surface area (Å²) >= 11 is 9.07. The first-order chi connectivity index (χ1) is 11.7. The molecule has 0 aliphatic carbocycles. The van der Waals surface area contributed by atoms with E-state index in [0.717, 1.165) is 25.2 Å². The van der Waals surface area contributed by atoms with Crippen molar-refractivity contribution in [2.24, 2.45) is 0 Å². The number of rotatable bonds is 6. The predicted molar refractivity (Wildman–Crippen MR) is 105 cm³/mol. The fourth-order valence-corrected chi connectivity index (χ4v) is 3.97. The molecule has 2 heterocycles. The Hall–Kier alpha value is -1.76. The molecular formula is C18H17FN2S3. The number of hydrogen-bond donors (Lipinski definition) is 1. The van der Waals surface area contributed by atoms with Gasteiger partial charge >= 0.3 is 0 Å². The van der Waals surface area contributed by atoms with Gasteiger partial charge in [0.05, 0.1) is 6.54 Å². The van der Waals surface area contributed by atoms with Gasteiger partial charge in [0.1, 0.15) is 5.82 Å². The fourth-order valence-electron chi connectivity index (χ4n) is 2.28. The Labute approximate surface area is 154 Å². The highest BCUT2D eigenvalue weighted by atomic mass is 32.1. The second-order valence-corrected chi connectivity index (χ2v) is 7.72. The quantitative estimate of drug-likeness (QED) is 0.581. The van der Waals surface area contributed by atoms with E-state index in [9.17, 15) is 4.39 Å². The van der Waals surface area contributed by atoms with E-state index in [2.05, 4.69) is 39.2 Å². The van der Waals surface area contributed by atoms with Gasteiger partial charge in [0.15, 0.2) is 5.11 Å². The average molecular weight is 377 g/mol. The van der Waals surface area contributed by atoms with Crippen molar-refractivity contribution in [3.63, 3.8) is 0 Å². The van der Waals surface area contributed by atoms with E-state index in [4.69, 9.17) is 12.2 Å². The molecule has 2 nitrogen and oxygen atoms in total. The van der Waals surface area contributed by atoms with Gasteiger partial charge < -0.3 is 10.2 Å². The van der Waals surface area contributed by atoms with Crippen molar-refractivity contribution in [1.82, 2.24) is 4.90 Å². The highest BCUT2D eigenvalue weighted by Crippen LogP contribution is 2.16. The number of benzene rings is 1. The van der Waals surface area contributed by atoms with E-state index in [1.54, 1.807) is 34.8 Å². The highest BCUT2D eigenvalue weighted by molar-refractivity contribution is 7.80. The second-order valence-electron chi connectivity index (χ2n) is 5.27. The van der Waals surface area contributed by atoms with Crippen molar-refractivity contribution in [1.29, 1.82) is 0 Å². The lowest BCUT2D eigenvalue weighted by Crippen LogP contribution is -2.35. The molecule has 124 valence electrons. The lowest BCUT2D eigenvalue weighted by molar-refractivity contribution is 0.428. The number of halogens is 1. The summed E-state index contributed by atoms with van der Waals surface area (Å²) in [5, 5.41) is 8.03. The molecule has 0 saturated heterocycles. The van der Waals surface area contributed by atoms with Crippen molar-refractivity contribution in [2.45, 2.75) is 13.0 Å². The van der Waals surface area contributed by atoms with Crippen LogP contribution in [0.15, 0.2) is 59.3 Å². The summed E-state index contributed by atoms with van der Waals surface area (Å²) < 4.78 is 13.0. The second kappa shape index (κ2) is 8.37. The van der Waals surface area contributed by atoms with E-state index >= 15 is 0 Å². The number of hydrogen-bond acceptors (Lipinski definition) is 3. The molecule has 3 rings (SSSR count). The Kier molecular flexibility index (Phi) is 5.96. The molecule has 6 heteroatoms. The minimum atomic E-state index is -0.250. The molecule has 0 unspecified atom stereocenters. The van der Waals surface area contributed by atoms with Crippen LogP contribution >= 0.6 is 34.9 Å². The Morgan fingerprint density at radius 3 is 2.29 bits per heavy atom. The Bertz CT molecular complexity index is 752. The molecule has 3 aromatic rings. The van der Waals surface area contributed by atoms with E-state index < -0.39 is 0 Å². The first-order valence-electron chi connectivity index (χ1n) is 7.57. The zero-order valence-electron chi connectivity index (χ0n) is 12.9. The SMILES string of the molecule is Fc1ccc(NC(=S)N(CCc2cccs2)Cc2cccs2)cc1. The van der Waals surface area contributed by atoms with Crippen LogP contribution < -0.4 is 5.32 Å². The summed E-state index contributed by atoms with van der Waals surface area (Å²) in [6.07, 6.45) is 0.953. The number of thiophene rings is 2. The molecular weight excluding hydrogens is 359 g/mol. The maximum Gasteiger partial charge on any atom is 0.173 e. The van der Waals surface area contributed by atoms with Crippen molar-refractivity contribution < 1.29 is 4.39 Å². The number of anilines is 1. The third-order valence-electron chi connectivity index (χ3n) is 3.52. The summed E-state index contributed by atoms with van der Waals surface area (Å²) in [6.45, 7) is 1.61. The molecule has 0 aliphatic rings. The molecule has 0 fully saturated rings. The van der Waals surface area contributed by atoms with Gasteiger partial charge in [0.2, 0.25) is 0 Å². The maximum atomic E-state index is 13.0. The van der Waals surface area contributed by atoms with Gasteiger partial charge in [-0.2, -0.15) is 0 Å². The van der Waals surface area contributed by atoms with Crippen LogP contribution in [0.5, 0.6) is 0 Å². The third kappa shape index (κ3) is 4.87. The lowest BCUT2D eigenvalue weighted by Gasteiger charge is -2.25. The van der Waals surface area contributed by atoms with Gasteiger partial charge in [-0.25, -0.2) is 4.39 Å². The van der Waals surface area contributed by atoms with Crippen LogP contribution in [0, 0.1) is 5.82 Å². The standard InChI is InChI=1S/C18H17FN2S3/c19-14-5-7-15(8-6-14)20-18(22)21(13-17-4-2-12-24-17)10-9-16-3-1-11-23-16/h1-8,11-12H,9-10,13H2,(H,20,22). The summed E-state index contributed by atoms with van der Waals surface area (Å²) in [7, 11) is 0. The van der Waals surface area contributed by atoms with Crippen LogP contribution in [0.4, 0.5) is 10.1 Å². The molecule has 0 bridgehead atoms. The van der Waals surface area contributed by atoms with Crippen LogP contribution in [0.2, 0.25) is 0 Å². The first kappa shape index (κ1) is 17.1. The van der Waals surface area contributed by atoms with Crippen molar-refractivity contribution >= 4 is 45.7 Å². The van der Waals surface area contributed by atoms with Crippen LogP contribution in [-0.2, 0) is 13.0 Å². The smallest absolute Gasteiger partial charge is 0.173 e. The monoisotopic (exact) mass is 376 g/mol. The van der Waals surface area contributed by atoms with Gasteiger partial charge in [-0.3, -0.25) is 0 Å². The van der Waals surface area contributed by atoms with Gasteiger partial charge in [-0.1, -0.05) is 12.1 Å². The Morgan fingerprint density at radius 1 is 1.00 bits per heavy atom. The zero-order valence-corrected chi connectivity index (χ0v) is 15.4. The molecule has 0 aliphatic heterocycles. The minimum absolute atomic E-state index is 0.250. The normalized spacial score (nSPS) is 10.5. The molecule has 24 heavy (non-hydrogen) atoms. The number of thiocarbonyl (C=S) groups is 1. The molecule has 0 spiro atoms. The molecule has 1 N–H and O–H groups in total. The largest absolute Gasteiger partial charge is 0.344 e. The van der Waals surface area contributed by atoms with E-state index in [1.165, 1.54) is 21.9 Å². The topological polar surface area (TPSA) is 15.3 Å². The maximum absolute atomic E-state index is 13.0. The molecule has 0 amide bonds. The Balaban J connectivity index is 1.67. The van der Waals surface area contributed by atoms with E-state index in [-0.39, 0.29) is 5.82 Å². The predicted octanol–water partition coefficient (Wildman–Crippen LogP) is 5.39. The van der Waals surface area contributed by atoms with Crippen molar-refractivity contribution in [3.8, 4) is 0 Å². The van der Waals surface area contributed by atoms with Gasteiger partial charge in [-0.05, 0) is 65.8 Å². The molecule has 0 atom stereocenters. The average Bonchev–Trinajstić information content (AvgIpc) is 3.27. The van der Waals surface area contributed by atoms with Crippen LogP contribution in [-0.4, -0.2) is 16.6 Å².